The standard InChI is InChI=1S/C29H35F3N4O4S/c1-36-24(15-19-5-3-2-4-6-19)22(17-25(36)27(37)34-21-9-13-40-14-10-21)20-7-8-26(23(16-20)29(30,31)32)41(38,39)35-28(18-33)11-12-28/h7-8,16-17,19,21,35H,2-6,9-15H2,1H3,(H,34,37). The summed E-state index contributed by atoms with van der Waals surface area (Å²) in [6, 6.07) is 6.57. The van der Waals surface area contributed by atoms with Crippen LogP contribution in [-0.2, 0) is 34.4 Å². The van der Waals surface area contributed by atoms with Crippen molar-refractivity contribution in [1.29, 1.82) is 5.26 Å². The predicted molar refractivity (Wildman–Crippen MR) is 145 cm³/mol. The molecule has 2 aromatic rings. The molecule has 222 valence electrons. The topological polar surface area (TPSA) is 113 Å². The lowest BCUT2D eigenvalue weighted by Crippen LogP contribution is -2.39. The highest BCUT2D eigenvalue weighted by Gasteiger charge is 2.48. The van der Waals surface area contributed by atoms with Gasteiger partial charge in [-0.05, 0) is 61.8 Å². The molecule has 1 aromatic carbocycles. The van der Waals surface area contributed by atoms with Gasteiger partial charge in [0.2, 0.25) is 10.0 Å². The minimum atomic E-state index is -4.97. The van der Waals surface area contributed by atoms with E-state index in [4.69, 9.17) is 4.74 Å². The van der Waals surface area contributed by atoms with Gasteiger partial charge in [-0.3, -0.25) is 4.79 Å². The number of benzene rings is 1. The van der Waals surface area contributed by atoms with Crippen LogP contribution in [0.4, 0.5) is 13.2 Å². The highest BCUT2D eigenvalue weighted by molar-refractivity contribution is 7.89. The number of nitrogens with zero attached hydrogens (tertiary/aromatic N) is 2. The maximum Gasteiger partial charge on any atom is 0.417 e. The fourth-order valence-corrected chi connectivity index (χ4v) is 7.54. The summed E-state index contributed by atoms with van der Waals surface area (Å²) in [5.74, 6) is 0.0374. The van der Waals surface area contributed by atoms with E-state index in [9.17, 15) is 31.6 Å². The molecular weight excluding hydrogens is 557 g/mol. The second kappa shape index (κ2) is 11.4. The van der Waals surface area contributed by atoms with Gasteiger partial charge in [-0.1, -0.05) is 38.2 Å². The monoisotopic (exact) mass is 592 g/mol. The largest absolute Gasteiger partial charge is 0.417 e. The summed E-state index contributed by atoms with van der Waals surface area (Å²) in [5.41, 5.74) is -0.916. The average Bonchev–Trinajstić information content (AvgIpc) is 3.64. The van der Waals surface area contributed by atoms with Crippen molar-refractivity contribution in [2.45, 2.75) is 86.9 Å². The van der Waals surface area contributed by atoms with Crippen molar-refractivity contribution < 1.29 is 31.1 Å². The number of nitrogens with one attached hydrogen (secondary N) is 2. The molecule has 0 radical (unpaired) electrons. The number of aromatic nitrogens is 1. The van der Waals surface area contributed by atoms with Crippen molar-refractivity contribution >= 4 is 15.9 Å². The van der Waals surface area contributed by atoms with Crippen molar-refractivity contribution in [3.05, 3.63) is 41.2 Å². The summed E-state index contributed by atoms with van der Waals surface area (Å²) in [5, 5.41) is 12.3. The van der Waals surface area contributed by atoms with E-state index < -0.39 is 32.2 Å². The van der Waals surface area contributed by atoms with Gasteiger partial charge >= 0.3 is 6.18 Å². The minimum absolute atomic E-state index is 0.0478. The molecule has 1 aliphatic heterocycles. The van der Waals surface area contributed by atoms with Crippen LogP contribution in [0.15, 0.2) is 29.2 Å². The van der Waals surface area contributed by atoms with Gasteiger partial charge in [-0.2, -0.15) is 23.2 Å². The van der Waals surface area contributed by atoms with Crippen LogP contribution in [0.25, 0.3) is 11.1 Å². The van der Waals surface area contributed by atoms with Crippen LogP contribution in [0.5, 0.6) is 0 Å². The first kappa shape index (κ1) is 29.6. The summed E-state index contributed by atoms with van der Waals surface area (Å²) in [6.45, 7) is 1.10. The first-order valence-corrected chi connectivity index (χ1v) is 15.6. The maximum atomic E-state index is 14.3. The third kappa shape index (κ3) is 6.47. The van der Waals surface area contributed by atoms with Crippen LogP contribution in [0.3, 0.4) is 0 Å². The smallest absolute Gasteiger partial charge is 0.381 e. The molecule has 1 amide bonds. The number of halogens is 3. The van der Waals surface area contributed by atoms with Gasteiger partial charge in [-0.25, -0.2) is 8.42 Å². The zero-order chi connectivity index (χ0) is 29.4. The van der Waals surface area contributed by atoms with Crippen molar-refractivity contribution in [3.63, 3.8) is 0 Å². The molecule has 3 fully saturated rings. The number of sulfonamides is 1. The van der Waals surface area contributed by atoms with Gasteiger partial charge in [0.1, 0.15) is 11.2 Å². The number of hydrogen-bond donors (Lipinski definition) is 2. The summed E-state index contributed by atoms with van der Waals surface area (Å²) in [6.07, 6.45) is 2.83. The lowest BCUT2D eigenvalue weighted by atomic mass is 9.85. The molecule has 8 nitrogen and oxygen atoms in total. The van der Waals surface area contributed by atoms with Crippen molar-refractivity contribution in [2.24, 2.45) is 13.0 Å². The first-order valence-electron chi connectivity index (χ1n) is 14.2. The molecular formula is C29H35F3N4O4S. The summed E-state index contributed by atoms with van der Waals surface area (Å²) in [4.78, 5) is 12.4. The van der Waals surface area contributed by atoms with Crippen molar-refractivity contribution in [2.75, 3.05) is 13.2 Å². The molecule has 3 aliphatic rings. The fraction of sp³-hybridized carbons (Fsp3) is 0.586. The number of ether oxygens (including phenoxy) is 1. The second-order valence-corrected chi connectivity index (χ2v) is 13.2. The van der Waals surface area contributed by atoms with Crippen molar-refractivity contribution in [3.8, 4) is 17.2 Å². The zero-order valence-electron chi connectivity index (χ0n) is 23.0. The van der Waals surface area contributed by atoms with Gasteiger partial charge in [0.05, 0.1) is 16.5 Å². The average molecular weight is 593 g/mol. The molecule has 0 unspecified atom stereocenters. The van der Waals surface area contributed by atoms with Crippen LogP contribution in [0.1, 0.15) is 79.5 Å². The fourth-order valence-electron chi connectivity index (χ4n) is 5.95. The molecule has 5 rings (SSSR count). The van der Waals surface area contributed by atoms with Gasteiger partial charge in [0, 0.05) is 37.6 Å². The highest BCUT2D eigenvalue weighted by atomic mass is 32.2. The number of alkyl halides is 3. The predicted octanol–water partition coefficient (Wildman–Crippen LogP) is 5.08. The quantitative estimate of drug-likeness (QED) is 0.444. The first-order chi connectivity index (χ1) is 19.4. The summed E-state index contributed by atoms with van der Waals surface area (Å²) in [7, 11) is -2.86. The Kier molecular flexibility index (Phi) is 8.25. The van der Waals surface area contributed by atoms with Crippen LogP contribution in [-0.4, -0.2) is 43.7 Å². The molecule has 2 aliphatic carbocycles. The molecule has 2 heterocycles. The normalized spacial score (nSPS) is 20.0. The summed E-state index contributed by atoms with van der Waals surface area (Å²) >= 11 is 0. The molecule has 2 N–H and O–H groups in total. The molecule has 41 heavy (non-hydrogen) atoms. The SMILES string of the molecule is Cn1c(C(=O)NC2CCOCC2)cc(-c2ccc(S(=O)(=O)NC3(C#N)CC3)c(C(F)(F)F)c2)c1CC1CCCCC1. The zero-order valence-corrected chi connectivity index (χ0v) is 23.8. The van der Waals surface area contributed by atoms with E-state index in [0.717, 1.165) is 49.9 Å². The Bertz CT molecular complexity index is 1450. The number of nitriles is 1. The van der Waals surface area contributed by atoms with Crippen LogP contribution in [0, 0.1) is 17.2 Å². The Morgan fingerprint density at radius 1 is 1.12 bits per heavy atom. The third-order valence-corrected chi connectivity index (χ3v) is 10.1. The van der Waals surface area contributed by atoms with E-state index >= 15 is 0 Å². The number of rotatable bonds is 8. The highest BCUT2D eigenvalue weighted by Crippen LogP contribution is 2.41. The van der Waals surface area contributed by atoms with E-state index in [1.165, 1.54) is 6.07 Å². The number of amides is 1. The van der Waals surface area contributed by atoms with Gasteiger partial charge in [-0.15, -0.1) is 0 Å². The molecule has 0 atom stereocenters. The summed E-state index contributed by atoms with van der Waals surface area (Å²) < 4.78 is 78.2. The Hall–Kier alpha value is -2.88. The van der Waals surface area contributed by atoms with E-state index in [1.807, 2.05) is 6.07 Å². The number of hydrogen-bond acceptors (Lipinski definition) is 5. The van der Waals surface area contributed by atoms with E-state index in [2.05, 4.69) is 10.0 Å². The Balaban J connectivity index is 1.55. The van der Waals surface area contributed by atoms with Crippen LogP contribution >= 0.6 is 0 Å². The lowest BCUT2D eigenvalue weighted by Gasteiger charge is -2.24. The minimum Gasteiger partial charge on any atom is -0.381 e. The van der Waals surface area contributed by atoms with E-state index in [-0.39, 0.29) is 30.4 Å². The van der Waals surface area contributed by atoms with E-state index in [1.54, 1.807) is 17.7 Å². The van der Waals surface area contributed by atoms with Crippen LogP contribution in [0.2, 0.25) is 0 Å². The Labute approximate surface area is 238 Å². The molecule has 1 aromatic heterocycles. The molecule has 0 bridgehead atoms. The molecule has 12 heteroatoms. The second-order valence-electron chi connectivity index (χ2n) is 11.5. The van der Waals surface area contributed by atoms with Gasteiger partial charge < -0.3 is 14.6 Å². The number of carbonyl (C=O) groups is 1. The maximum absolute atomic E-state index is 14.3. The number of carbonyl (C=O) groups excluding carboxylic acids is 1. The Morgan fingerprint density at radius 3 is 2.41 bits per heavy atom. The van der Waals surface area contributed by atoms with Crippen LogP contribution < -0.4 is 10.0 Å². The van der Waals surface area contributed by atoms with Gasteiger partial charge in [0.25, 0.3) is 5.91 Å². The van der Waals surface area contributed by atoms with Gasteiger partial charge in [0.15, 0.2) is 0 Å². The Morgan fingerprint density at radius 2 is 1.80 bits per heavy atom. The van der Waals surface area contributed by atoms with E-state index in [0.29, 0.717) is 49.7 Å². The lowest BCUT2D eigenvalue weighted by molar-refractivity contribution is -0.139. The third-order valence-electron chi connectivity index (χ3n) is 8.53. The molecule has 1 saturated heterocycles. The molecule has 0 spiro atoms. The van der Waals surface area contributed by atoms with Crippen molar-refractivity contribution in [1.82, 2.24) is 14.6 Å². The molecule has 2 saturated carbocycles.